The number of aromatic nitrogens is 2. The second kappa shape index (κ2) is 11.6. The summed E-state index contributed by atoms with van der Waals surface area (Å²) in [6, 6.07) is 14.8. The maximum atomic E-state index is 14.2. The summed E-state index contributed by atoms with van der Waals surface area (Å²) in [5, 5.41) is 2.52. The van der Waals surface area contributed by atoms with Gasteiger partial charge < -0.3 is 9.64 Å². The summed E-state index contributed by atoms with van der Waals surface area (Å²) in [5.41, 5.74) is -3.17. The molecule has 2 heterocycles. The van der Waals surface area contributed by atoms with Crippen LogP contribution in [0.2, 0.25) is 10.0 Å². The van der Waals surface area contributed by atoms with Crippen molar-refractivity contribution in [1.82, 2.24) is 19.4 Å². The number of ether oxygens (including phenoxy) is 1. The molecule has 0 fully saturated rings. The molecule has 222 valence electrons. The molecule has 0 unspecified atom stereocenters. The van der Waals surface area contributed by atoms with Crippen LogP contribution >= 0.6 is 23.2 Å². The van der Waals surface area contributed by atoms with Gasteiger partial charge in [0.15, 0.2) is 0 Å². The number of amides is 3. The molecule has 4 aromatic rings. The van der Waals surface area contributed by atoms with Crippen molar-refractivity contribution in [2.45, 2.75) is 19.3 Å². The Morgan fingerprint density at radius 2 is 1.60 bits per heavy atom. The fraction of sp³-hybridized carbons (Fsp3) is 0.172. The molecule has 0 bridgehead atoms. The number of hydrogen-bond acceptors (Lipinski definition) is 5. The molecule has 14 heteroatoms. The number of halogens is 5. The third-order valence-corrected chi connectivity index (χ3v) is 7.60. The minimum Gasteiger partial charge on any atom is -0.497 e. The van der Waals surface area contributed by atoms with E-state index in [1.165, 1.54) is 48.4 Å². The van der Waals surface area contributed by atoms with Gasteiger partial charge in [-0.15, -0.1) is 0 Å². The normalized spacial score (nSPS) is 12.9. The van der Waals surface area contributed by atoms with Crippen LogP contribution in [-0.4, -0.2) is 45.4 Å². The van der Waals surface area contributed by atoms with Crippen LogP contribution < -0.4 is 15.7 Å². The van der Waals surface area contributed by atoms with E-state index in [4.69, 9.17) is 27.9 Å². The Balaban J connectivity index is 1.65. The highest BCUT2D eigenvalue weighted by Gasteiger charge is 2.39. The third kappa shape index (κ3) is 5.75. The third-order valence-electron chi connectivity index (χ3n) is 6.86. The van der Waals surface area contributed by atoms with E-state index in [9.17, 15) is 32.3 Å². The van der Waals surface area contributed by atoms with Crippen LogP contribution in [0.5, 0.6) is 5.75 Å². The SMILES string of the molecule is COc1ccc(-n2c(C(=O)NC(=O)c3ccccc3)c3n(c2=O)CCN(C(=O)c2ccc(Cl)c(Cl)c2)C3)c(C(F)(F)F)c1. The van der Waals surface area contributed by atoms with Gasteiger partial charge in [0.25, 0.3) is 17.7 Å². The van der Waals surface area contributed by atoms with Crippen molar-refractivity contribution in [1.29, 1.82) is 0 Å². The van der Waals surface area contributed by atoms with Gasteiger partial charge in [0, 0.05) is 24.2 Å². The van der Waals surface area contributed by atoms with Gasteiger partial charge in [-0.2, -0.15) is 13.2 Å². The van der Waals surface area contributed by atoms with Crippen LogP contribution in [0.3, 0.4) is 0 Å². The molecule has 9 nitrogen and oxygen atoms in total. The molecule has 0 atom stereocenters. The zero-order chi connectivity index (χ0) is 31.1. The number of benzene rings is 3. The van der Waals surface area contributed by atoms with Gasteiger partial charge in [-0.3, -0.25) is 28.8 Å². The minimum absolute atomic E-state index is 0.00521. The zero-order valence-corrected chi connectivity index (χ0v) is 23.8. The van der Waals surface area contributed by atoms with Gasteiger partial charge in [-0.25, -0.2) is 4.79 Å². The van der Waals surface area contributed by atoms with E-state index in [0.717, 1.165) is 10.6 Å². The summed E-state index contributed by atoms with van der Waals surface area (Å²) in [7, 11) is 1.19. The van der Waals surface area contributed by atoms with Gasteiger partial charge >= 0.3 is 11.9 Å². The predicted octanol–water partition coefficient (Wildman–Crippen LogP) is 5.20. The first-order valence-electron chi connectivity index (χ1n) is 12.7. The number of nitrogens with one attached hydrogen (secondary N) is 1. The number of rotatable bonds is 5. The number of methoxy groups -OCH3 is 1. The van der Waals surface area contributed by atoms with E-state index in [-0.39, 0.29) is 52.2 Å². The molecule has 1 aliphatic rings. The Kier molecular flexibility index (Phi) is 8.08. The highest BCUT2D eigenvalue weighted by molar-refractivity contribution is 6.42. The molecule has 0 spiro atoms. The van der Waals surface area contributed by atoms with E-state index in [0.29, 0.717) is 10.6 Å². The maximum Gasteiger partial charge on any atom is 0.418 e. The molecule has 0 radical (unpaired) electrons. The van der Waals surface area contributed by atoms with Gasteiger partial charge in [-0.1, -0.05) is 41.4 Å². The Morgan fingerprint density at radius 3 is 2.26 bits per heavy atom. The molecule has 5 rings (SSSR count). The molecule has 0 saturated heterocycles. The number of carbonyl (C=O) groups is 3. The lowest BCUT2D eigenvalue weighted by molar-refractivity contribution is -0.137. The number of imide groups is 1. The standard InChI is InChI=1S/C29H21Cl2F3N4O5/c1-43-18-8-10-22(19(14-18)29(32,33)34)38-24(26(40)35-25(39)16-5-3-2-4-6-16)23-15-36(11-12-37(23)28(38)42)27(41)17-7-9-20(30)21(31)13-17/h2-10,13-14H,11-12,15H2,1H3,(H,35,39,40). The zero-order valence-electron chi connectivity index (χ0n) is 22.2. The molecule has 0 saturated carbocycles. The molecule has 43 heavy (non-hydrogen) atoms. The quantitative estimate of drug-likeness (QED) is 0.305. The van der Waals surface area contributed by atoms with Crippen molar-refractivity contribution >= 4 is 40.9 Å². The number of imidazole rings is 1. The van der Waals surface area contributed by atoms with E-state index >= 15 is 0 Å². The number of alkyl halides is 3. The molecular formula is C29H21Cl2F3N4O5. The molecule has 3 amide bonds. The van der Waals surface area contributed by atoms with Crippen LogP contribution in [0, 0.1) is 0 Å². The summed E-state index contributed by atoms with van der Waals surface area (Å²) in [5.74, 6) is -2.61. The molecule has 0 aliphatic carbocycles. The van der Waals surface area contributed by atoms with Crippen LogP contribution in [0.25, 0.3) is 5.69 Å². The second-order valence-corrected chi connectivity index (χ2v) is 10.3. The Labute approximate surface area is 252 Å². The lowest BCUT2D eigenvalue weighted by atomic mass is 10.1. The monoisotopic (exact) mass is 632 g/mol. The Morgan fingerprint density at radius 1 is 0.884 bits per heavy atom. The number of nitrogens with zero attached hydrogens (tertiary/aromatic N) is 3. The van der Waals surface area contributed by atoms with Crippen LogP contribution in [0.15, 0.2) is 71.5 Å². The van der Waals surface area contributed by atoms with Crippen molar-refractivity contribution in [3.63, 3.8) is 0 Å². The second-order valence-electron chi connectivity index (χ2n) is 9.45. The van der Waals surface area contributed by atoms with Crippen molar-refractivity contribution < 1.29 is 32.3 Å². The first-order chi connectivity index (χ1) is 20.4. The van der Waals surface area contributed by atoms with Gasteiger partial charge in [0.1, 0.15) is 11.4 Å². The summed E-state index contributed by atoms with van der Waals surface area (Å²) in [6.45, 7) is -0.478. The van der Waals surface area contributed by atoms with E-state index in [2.05, 4.69) is 5.32 Å². The van der Waals surface area contributed by atoms with Crippen LogP contribution in [0.4, 0.5) is 13.2 Å². The average molecular weight is 633 g/mol. The van der Waals surface area contributed by atoms with Crippen molar-refractivity contribution in [3.05, 3.63) is 115 Å². The van der Waals surface area contributed by atoms with Crippen molar-refractivity contribution in [3.8, 4) is 11.4 Å². The van der Waals surface area contributed by atoms with Gasteiger partial charge in [0.2, 0.25) is 0 Å². The molecule has 1 aliphatic heterocycles. The Bertz CT molecular complexity index is 1820. The minimum atomic E-state index is -4.95. The summed E-state index contributed by atoms with van der Waals surface area (Å²) >= 11 is 12.0. The fourth-order valence-corrected chi connectivity index (χ4v) is 5.09. The summed E-state index contributed by atoms with van der Waals surface area (Å²) in [6.07, 6.45) is -4.95. The largest absolute Gasteiger partial charge is 0.497 e. The molecule has 1 N–H and O–H groups in total. The highest BCUT2D eigenvalue weighted by Crippen LogP contribution is 2.37. The highest BCUT2D eigenvalue weighted by atomic mass is 35.5. The van der Waals surface area contributed by atoms with E-state index in [1.807, 2.05) is 0 Å². The summed E-state index contributed by atoms with van der Waals surface area (Å²) < 4.78 is 49.4. The topological polar surface area (TPSA) is 103 Å². The first kappa shape index (κ1) is 29.9. The van der Waals surface area contributed by atoms with E-state index < -0.39 is 46.5 Å². The number of carbonyl (C=O) groups excluding carboxylic acids is 3. The fourth-order valence-electron chi connectivity index (χ4n) is 4.79. The molecule has 3 aromatic carbocycles. The Hall–Kier alpha value is -4.55. The summed E-state index contributed by atoms with van der Waals surface area (Å²) in [4.78, 5) is 54.9. The smallest absolute Gasteiger partial charge is 0.418 e. The number of hydrogen-bond donors (Lipinski definition) is 1. The van der Waals surface area contributed by atoms with Crippen LogP contribution in [-0.2, 0) is 19.3 Å². The predicted molar refractivity (Wildman–Crippen MR) is 151 cm³/mol. The van der Waals surface area contributed by atoms with Gasteiger partial charge in [0.05, 0.1) is 40.6 Å². The van der Waals surface area contributed by atoms with Crippen molar-refractivity contribution in [2.75, 3.05) is 13.7 Å². The van der Waals surface area contributed by atoms with Gasteiger partial charge in [-0.05, 0) is 48.5 Å². The van der Waals surface area contributed by atoms with E-state index in [1.54, 1.807) is 18.2 Å². The van der Waals surface area contributed by atoms with Crippen molar-refractivity contribution in [2.24, 2.45) is 0 Å². The average Bonchev–Trinajstić information content (AvgIpc) is 3.29. The number of fused-ring (bicyclic) bond motifs is 1. The lowest BCUT2D eigenvalue weighted by Crippen LogP contribution is -2.41. The molecular weight excluding hydrogens is 612 g/mol. The van der Waals surface area contributed by atoms with Crippen LogP contribution in [0.1, 0.15) is 42.5 Å². The first-order valence-corrected chi connectivity index (χ1v) is 13.4. The molecule has 1 aromatic heterocycles. The lowest BCUT2D eigenvalue weighted by Gasteiger charge is -2.28. The maximum absolute atomic E-state index is 14.2.